The van der Waals surface area contributed by atoms with E-state index >= 15 is 0 Å². The zero-order valence-electron chi connectivity index (χ0n) is 9.62. The first kappa shape index (κ1) is 13.8. The summed E-state index contributed by atoms with van der Waals surface area (Å²) in [6.45, 7) is 6.26. The average molecular weight is 205 g/mol. The predicted octanol–water partition coefficient (Wildman–Crippen LogP) is 0.526. The average Bonchev–Trinajstić information content (AvgIpc) is 2.03. The molecule has 0 saturated heterocycles. The second kappa shape index (κ2) is 6.35. The van der Waals surface area contributed by atoms with Crippen LogP contribution in [0.1, 0.15) is 27.2 Å². The highest BCUT2D eigenvalue weighted by Gasteiger charge is 2.22. The molecule has 0 radical (unpaired) electrons. The third-order valence-corrected chi connectivity index (χ3v) is 1.98. The van der Waals surface area contributed by atoms with E-state index in [0.29, 0.717) is 13.0 Å². The Hall–Kier alpha value is -0.160. The number of ether oxygens (including phenoxy) is 2. The highest BCUT2D eigenvalue weighted by molar-refractivity contribution is 4.80. The first-order chi connectivity index (χ1) is 6.41. The van der Waals surface area contributed by atoms with Crippen molar-refractivity contribution < 1.29 is 14.6 Å². The van der Waals surface area contributed by atoms with Gasteiger partial charge in [-0.15, -0.1) is 0 Å². The molecule has 0 heterocycles. The van der Waals surface area contributed by atoms with E-state index in [9.17, 15) is 0 Å². The smallest absolute Gasteiger partial charge is 0.0783 e. The summed E-state index contributed by atoms with van der Waals surface area (Å²) in [5.41, 5.74) is 5.24. The maximum Gasteiger partial charge on any atom is 0.0783 e. The van der Waals surface area contributed by atoms with Crippen LogP contribution in [0.3, 0.4) is 0 Å². The standard InChI is InChI=1S/C10H23NO3/c1-8(5-10(3,11)7-12)14-9(2)6-13-4/h8-9,12H,5-7,11H2,1-4H3. The fraction of sp³-hybridized carbons (Fsp3) is 1.00. The van der Waals surface area contributed by atoms with Crippen LogP contribution in [0.2, 0.25) is 0 Å². The summed E-state index contributed by atoms with van der Waals surface area (Å²) in [4.78, 5) is 0. The Labute approximate surface area is 86.4 Å². The number of hydrogen-bond donors (Lipinski definition) is 2. The van der Waals surface area contributed by atoms with E-state index < -0.39 is 5.54 Å². The van der Waals surface area contributed by atoms with Gasteiger partial charge in [0.25, 0.3) is 0 Å². The lowest BCUT2D eigenvalue weighted by Gasteiger charge is -2.27. The predicted molar refractivity (Wildman–Crippen MR) is 56.2 cm³/mol. The zero-order valence-corrected chi connectivity index (χ0v) is 9.62. The van der Waals surface area contributed by atoms with Gasteiger partial charge in [0, 0.05) is 12.6 Å². The van der Waals surface area contributed by atoms with Crippen LogP contribution >= 0.6 is 0 Å². The van der Waals surface area contributed by atoms with Gasteiger partial charge in [-0.3, -0.25) is 0 Å². The molecule has 0 aromatic heterocycles. The third-order valence-electron chi connectivity index (χ3n) is 1.98. The van der Waals surface area contributed by atoms with Gasteiger partial charge in [0.15, 0.2) is 0 Å². The molecule has 0 aliphatic rings. The van der Waals surface area contributed by atoms with Crippen LogP contribution in [0, 0.1) is 0 Å². The zero-order chi connectivity index (χ0) is 11.2. The SMILES string of the molecule is COCC(C)OC(C)CC(C)(N)CO. The highest BCUT2D eigenvalue weighted by atomic mass is 16.5. The van der Waals surface area contributed by atoms with Gasteiger partial charge >= 0.3 is 0 Å². The van der Waals surface area contributed by atoms with Crippen LogP contribution in [0.4, 0.5) is 0 Å². The molecule has 3 unspecified atom stereocenters. The van der Waals surface area contributed by atoms with E-state index in [1.54, 1.807) is 7.11 Å². The number of methoxy groups -OCH3 is 1. The van der Waals surface area contributed by atoms with Crippen molar-refractivity contribution in [3.05, 3.63) is 0 Å². The van der Waals surface area contributed by atoms with Crippen molar-refractivity contribution in [2.45, 2.75) is 44.9 Å². The summed E-state index contributed by atoms with van der Waals surface area (Å²) in [6.07, 6.45) is 0.726. The van der Waals surface area contributed by atoms with Crippen LogP contribution in [0.25, 0.3) is 0 Å². The number of rotatable bonds is 7. The maximum atomic E-state index is 8.98. The van der Waals surface area contributed by atoms with Gasteiger partial charge in [0.05, 0.1) is 25.4 Å². The molecule has 14 heavy (non-hydrogen) atoms. The van der Waals surface area contributed by atoms with Crippen molar-refractivity contribution >= 4 is 0 Å². The van der Waals surface area contributed by atoms with E-state index in [-0.39, 0.29) is 18.8 Å². The molecular formula is C10H23NO3. The lowest BCUT2D eigenvalue weighted by atomic mass is 9.97. The van der Waals surface area contributed by atoms with E-state index in [1.165, 1.54) is 0 Å². The molecule has 0 aromatic rings. The molecule has 0 spiro atoms. The number of aliphatic hydroxyl groups is 1. The fourth-order valence-corrected chi connectivity index (χ4v) is 1.44. The van der Waals surface area contributed by atoms with Gasteiger partial charge in [0.1, 0.15) is 0 Å². The van der Waals surface area contributed by atoms with Crippen molar-refractivity contribution in [3.63, 3.8) is 0 Å². The molecule has 4 heteroatoms. The summed E-state index contributed by atoms with van der Waals surface area (Å²) < 4.78 is 10.6. The van der Waals surface area contributed by atoms with Gasteiger partial charge in [-0.25, -0.2) is 0 Å². The highest BCUT2D eigenvalue weighted by Crippen LogP contribution is 2.12. The first-order valence-corrected chi connectivity index (χ1v) is 4.95. The van der Waals surface area contributed by atoms with Crippen molar-refractivity contribution in [1.82, 2.24) is 0 Å². The number of nitrogens with two attached hydrogens (primary N) is 1. The van der Waals surface area contributed by atoms with Gasteiger partial charge in [-0.1, -0.05) is 0 Å². The van der Waals surface area contributed by atoms with Gasteiger partial charge in [0.2, 0.25) is 0 Å². The van der Waals surface area contributed by atoms with E-state index in [0.717, 1.165) is 0 Å². The molecule has 0 bridgehead atoms. The second-order valence-corrected chi connectivity index (χ2v) is 4.23. The summed E-state index contributed by atoms with van der Waals surface area (Å²) in [5.74, 6) is 0. The van der Waals surface area contributed by atoms with Gasteiger partial charge in [-0.05, 0) is 27.2 Å². The Bertz CT molecular complexity index is 150. The maximum absolute atomic E-state index is 8.98. The molecule has 3 N–H and O–H groups in total. The third kappa shape index (κ3) is 6.32. The quantitative estimate of drug-likeness (QED) is 0.636. The molecule has 4 nitrogen and oxygen atoms in total. The van der Waals surface area contributed by atoms with Crippen molar-refractivity contribution in [1.29, 1.82) is 0 Å². The molecule has 0 saturated carbocycles. The molecular weight excluding hydrogens is 182 g/mol. The minimum atomic E-state index is -0.563. The Morgan fingerprint density at radius 3 is 2.36 bits per heavy atom. The van der Waals surface area contributed by atoms with Crippen molar-refractivity contribution in [2.24, 2.45) is 5.73 Å². The molecule has 0 amide bonds. The number of aliphatic hydroxyl groups excluding tert-OH is 1. The summed E-state index contributed by atoms with van der Waals surface area (Å²) in [5, 5.41) is 8.98. The molecule has 0 rings (SSSR count). The normalized spacial score (nSPS) is 20.1. The van der Waals surface area contributed by atoms with Crippen molar-refractivity contribution in [3.8, 4) is 0 Å². The largest absolute Gasteiger partial charge is 0.394 e. The van der Waals surface area contributed by atoms with E-state index in [4.69, 9.17) is 20.3 Å². The Morgan fingerprint density at radius 1 is 1.36 bits per heavy atom. The fourth-order valence-electron chi connectivity index (χ4n) is 1.44. The molecule has 0 aliphatic carbocycles. The van der Waals surface area contributed by atoms with E-state index in [2.05, 4.69) is 0 Å². The molecule has 0 aromatic carbocycles. The van der Waals surface area contributed by atoms with Gasteiger partial charge in [-0.2, -0.15) is 0 Å². The Balaban J connectivity index is 3.79. The topological polar surface area (TPSA) is 64.7 Å². The monoisotopic (exact) mass is 205 g/mol. The van der Waals surface area contributed by atoms with Crippen molar-refractivity contribution in [2.75, 3.05) is 20.3 Å². The Kier molecular flexibility index (Phi) is 6.27. The molecule has 0 fully saturated rings. The van der Waals surface area contributed by atoms with Crippen LogP contribution < -0.4 is 5.73 Å². The second-order valence-electron chi connectivity index (χ2n) is 4.23. The lowest BCUT2D eigenvalue weighted by Crippen LogP contribution is -2.43. The summed E-state index contributed by atoms with van der Waals surface area (Å²) in [7, 11) is 1.64. The van der Waals surface area contributed by atoms with Crippen LogP contribution in [-0.2, 0) is 9.47 Å². The molecule has 86 valence electrons. The minimum Gasteiger partial charge on any atom is -0.394 e. The lowest BCUT2D eigenvalue weighted by molar-refractivity contribution is -0.0434. The minimum absolute atomic E-state index is 0.0284. The summed E-state index contributed by atoms with van der Waals surface area (Å²) in [6, 6.07) is 0. The molecule has 0 aliphatic heterocycles. The molecule has 3 atom stereocenters. The van der Waals surface area contributed by atoms with Gasteiger partial charge < -0.3 is 20.3 Å². The van der Waals surface area contributed by atoms with Crippen LogP contribution in [0.5, 0.6) is 0 Å². The van der Waals surface area contributed by atoms with Crippen LogP contribution in [-0.4, -0.2) is 43.2 Å². The number of hydrogen-bond acceptors (Lipinski definition) is 4. The van der Waals surface area contributed by atoms with E-state index in [1.807, 2.05) is 20.8 Å². The Morgan fingerprint density at radius 2 is 1.93 bits per heavy atom. The summed E-state index contributed by atoms with van der Waals surface area (Å²) >= 11 is 0. The first-order valence-electron chi connectivity index (χ1n) is 4.95. The van der Waals surface area contributed by atoms with Crippen LogP contribution in [0.15, 0.2) is 0 Å².